The SMILES string of the molecule is O[C@@H](c1ccccc1)c1nccn1C[C@@H](O)c1cc(F)ccc1F. The van der Waals surface area contributed by atoms with E-state index in [1.54, 1.807) is 30.5 Å². The van der Waals surface area contributed by atoms with Crippen LogP contribution in [0.1, 0.15) is 29.2 Å². The lowest BCUT2D eigenvalue weighted by Gasteiger charge is -2.17. The number of hydrogen-bond acceptors (Lipinski definition) is 3. The molecule has 4 nitrogen and oxygen atoms in total. The van der Waals surface area contributed by atoms with Crippen LogP contribution in [0.3, 0.4) is 0 Å². The fourth-order valence-corrected chi connectivity index (χ4v) is 2.56. The third-order valence-electron chi connectivity index (χ3n) is 3.79. The third-order valence-corrected chi connectivity index (χ3v) is 3.79. The highest BCUT2D eigenvalue weighted by molar-refractivity contribution is 5.24. The summed E-state index contributed by atoms with van der Waals surface area (Å²) in [6, 6.07) is 11.9. The van der Waals surface area contributed by atoms with Crippen molar-refractivity contribution in [2.75, 3.05) is 0 Å². The van der Waals surface area contributed by atoms with Crippen LogP contribution in [0.2, 0.25) is 0 Å². The van der Waals surface area contributed by atoms with Crippen molar-refractivity contribution in [1.29, 1.82) is 0 Å². The highest BCUT2D eigenvalue weighted by Gasteiger charge is 2.20. The highest BCUT2D eigenvalue weighted by atomic mass is 19.1. The second-order valence-corrected chi connectivity index (χ2v) is 5.43. The molecule has 1 heterocycles. The first-order valence-corrected chi connectivity index (χ1v) is 7.43. The number of halogens is 2. The molecular formula is C18H16F2N2O2. The Balaban J connectivity index is 1.84. The molecule has 0 unspecified atom stereocenters. The zero-order valence-corrected chi connectivity index (χ0v) is 12.7. The van der Waals surface area contributed by atoms with Gasteiger partial charge in [-0.1, -0.05) is 30.3 Å². The summed E-state index contributed by atoms with van der Waals surface area (Å²) in [5.74, 6) is -0.994. The van der Waals surface area contributed by atoms with E-state index in [-0.39, 0.29) is 12.1 Å². The molecule has 0 aliphatic rings. The van der Waals surface area contributed by atoms with Crippen LogP contribution < -0.4 is 0 Å². The third kappa shape index (κ3) is 3.34. The average Bonchev–Trinajstić information content (AvgIpc) is 3.05. The predicted molar refractivity (Wildman–Crippen MR) is 84.0 cm³/mol. The van der Waals surface area contributed by atoms with Crippen molar-refractivity contribution in [3.63, 3.8) is 0 Å². The Kier molecular flexibility index (Phi) is 4.69. The van der Waals surface area contributed by atoms with Crippen LogP contribution >= 0.6 is 0 Å². The Morgan fingerprint density at radius 3 is 2.54 bits per heavy atom. The summed E-state index contributed by atoms with van der Waals surface area (Å²) < 4.78 is 28.6. The summed E-state index contributed by atoms with van der Waals surface area (Å²) in [4.78, 5) is 4.11. The number of benzene rings is 2. The maximum atomic E-state index is 13.8. The fraction of sp³-hybridized carbons (Fsp3) is 0.167. The van der Waals surface area contributed by atoms with Crippen molar-refractivity contribution in [2.45, 2.75) is 18.8 Å². The van der Waals surface area contributed by atoms with Gasteiger partial charge in [0, 0.05) is 18.0 Å². The first-order chi connectivity index (χ1) is 11.6. The minimum absolute atomic E-state index is 0.0560. The summed E-state index contributed by atoms with van der Waals surface area (Å²) in [5.41, 5.74) is 0.514. The Bertz CT molecular complexity index is 821. The highest BCUT2D eigenvalue weighted by Crippen LogP contribution is 2.24. The van der Waals surface area contributed by atoms with Gasteiger partial charge in [0.05, 0.1) is 12.6 Å². The maximum Gasteiger partial charge on any atom is 0.142 e. The van der Waals surface area contributed by atoms with Gasteiger partial charge in [0.15, 0.2) is 0 Å². The van der Waals surface area contributed by atoms with Crippen molar-refractivity contribution < 1.29 is 19.0 Å². The zero-order valence-electron chi connectivity index (χ0n) is 12.7. The minimum atomic E-state index is -1.27. The summed E-state index contributed by atoms with van der Waals surface area (Å²) in [6.07, 6.45) is 0.806. The van der Waals surface area contributed by atoms with Crippen LogP contribution in [0.5, 0.6) is 0 Å². The van der Waals surface area contributed by atoms with Gasteiger partial charge in [0.1, 0.15) is 23.6 Å². The van der Waals surface area contributed by atoms with Crippen LogP contribution in [0.15, 0.2) is 60.9 Å². The molecule has 3 aromatic rings. The molecule has 124 valence electrons. The number of nitrogens with zero attached hydrogens (tertiary/aromatic N) is 2. The molecule has 1 aromatic heterocycles. The van der Waals surface area contributed by atoms with E-state index in [2.05, 4.69) is 4.98 Å². The van der Waals surface area contributed by atoms with Crippen LogP contribution in [0.25, 0.3) is 0 Å². The quantitative estimate of drug-likeness (QED) is 0.756. The molecule has 6 heteroatoms. The predicted octanol–water partition coefficient (Wildman–Crippen LogP) is 2.98. The van der Waals surface area contributed by atoms with E-state index in [1.165, 1.54) is 10.8 Å². The number of aliphatic hydroxyl groups excluding tert-OH is 2. The second kappa shape index (κ2) is 6.90. The molecule has 0 saturated carbocycles. The fourth-order valence-electron chi connectivity index (χ4n) is 2.56. The Labute approximate surface area is 137 Å². The van der Waals surface area contributed by atoms with Crippen molar-refractivity contribution in [3.05, 3.63) is 89.5 Å². The number of hydrogen-bond donors (Lipinski definition) is 2. The van der Waals surface area contributed by atoms with Crippen LogP contribution in [-0.2, 0) is 6.54 Å². The van der Waals surface area contributed by atoms with Crippen molar-refractivity contribution in [2.24, 2.45) is 0 Å². The van der Waals surface area contributed by atoms with Gasteiger partial charge in [-0.05, 0) is 23.8 Å². The van der Waals surface area contributed by atoms with Gasteiger partial charge in [-0.25, -0.2) is 13.8 Å². The normalized spacial score (nSPS) is 13.7. The zero-order chi connectivity index (χ0) is 17.1. The molecule has 2 atom stereocenters. The average molecular weight is 330 g/mol. The number of imidazole rings is 1. The molecule has 0 amide bonds. The van der Waals surface area contributed by atoms with Gasteiger partial charge >= 0.3 is 0 Å². The van der Waals surface area contributed by atoms with Crippen LogP contribution in [0, 0.1) is 11.6 Å². The lowest BCUT2D eigenvalue weighted by molar-refractivity contribution is 0.143. The molecule has 2 N–H and O–H groups in total. The minimum Gasteiger partial charge on any atom is -0.386 e. The van der Waals surface area contributed by atoms with E-state index >= 15 is 0 Å². The largest absolute Gasteiger partial charge is 0.386 e. The molecule has 24 heavy (non-hydrogen) atoms. The lowest BCUT2D eigenvalue weighted by atomic mass is 10.1. The molecule has 0 spiro atoms. The van der Waals surface area contributed by atoms with E-state index in [1.807, 2.05) is 6.07 Å². The maximum absolute atomic E-state index is 13.8. The summed E-state index contributed by atoms with van der Waals surface area (Å²) in [7, 11) is 0. The van der Waals surface area contributed by atoms with Crippen molar-refractivity contribution >= 4 is 0 Å². The Hall–Kier alpha value is -2.57. The van der Waals surface area contributed by atoms with Gasteiger partial charge < -0.3 is 14.8 Å². The van der Waals surface area contributed by atoms with E-state index in [0.29, 0.717) is 11.4 Å². The smallest absolute Gasteiger partial charge is 0.142 e. The monoisotopic (exact) mass is 330 g/mol. The molecule has 0 radical (unpaired) electrons. The van der Waals surface area contributed by atoms with Gasteiger partial charge in [-0.3, -0.25) is 0 Å². The van der Waals surface area contributed by atoms with Gasteiger partial charge in [0.2, 0.25) is 0 Å². The molecule has 0 bridgehead atoms. The number of aromatic nitrogens is 2. The van der Waals surface area contributed by atoms with Crippen molar-refractivity contribution in [1.82, 2.24) is 9.55 Å². The topological polar surface area (TPSA) is 58.3 Å². The standard InChI is InChI=1S/C18H16F2N2O2/c19-13-6-7-15(20)14(10-13)16(23)11-22-9-8-21-18(22)17(24)12-4-2-1-3-5-12/h1-10,16-17,23-24H,11H2/t16-,17+/m1/s1. The van der Waals surface area contributed by atoms with Crippen molar-refractivity contribution in [3.8, 4) is 0 Å². The van der Waals surface area contributed by atoms with E-state index in [0.717, 1.165) is 18.2 Å². The van der Waals surface area contributed by atoms with Crippen LogP contribution in [-0.4, -0.2) is 19.8 Å². The van der Waals surface area contributed by atoms with Gasteiger partial charge in [-0.15, -0.1) is 0 Å². The Morgan fingerprint density at radius 1 is 1.04 bits per heavy atom. The van der Waals surface area contributed by atoms with E-state index < -0.39 is 23.8 Å². The molecule has 3 rings (SSSR count). The Morgan fingerprint density at radius 2 is 1.79 bits per heavy atom. The first-order valence-electron chi connectivity index (χ1n) is 7.43. The molecule has 0 aliphatic heterocycles. The summed E-state index contributed by atoms with van der Waals surface area (Å²) in [5, 5.41) is 20.7. The summed E-state index contributed by atoms with van der Waals surface area (Å²) >= 11 is 0. The number of rotatable bonds is 5. The lowest BCUT2D eigenvalue weighted by Crippen LogP contribution is -2.15. The van der Waals surface area contributed by atoms with Gasteiger partial charge in [0.25, 0.3) is 0 Å². The second-order valence-electron chi connectivity index (χ2n) is 5.43. The number of aliphatic hydroxyl groups is 2. The van der Waals surface area contributed by atoms with Crippen LogP contribution in [0.4, 0.5) is 8.78 Å². The van der Waals surface area contributed by atoms with E-state index in [9.17, 15) is 19.0 Å². The molecule has 0 fully saturated rings. The van der Waals surface area contributed by atoms with Gasteiger partial charge in [-0.2, -0.15) is 0 Å². The molecule has 2 aromatic carbocycles. The molecular weight excluding hydrogens is 314 g/mol. The summed E-state index contributed by atoms with van der Waals surface area (Å²) in [6.45, 7) is -0.0560. The van der Waals surface area contributed by atoms with E-state index in [4.69, 9.17) is 0 Å². The first kappa shape index (κ1) is 16.3. The molecule has 0 saturated heterocycles. The molecule has 0 aliphatic carbocycles.